The lowest BCUT2D eigenvalue weighted by Gasteiger charge is -2.16. The minimum atomic E-state index is -0.593. The summed E-state index contributed by atoms with van der Waals surface area (Å²) in [5, 5.41) is 5.20. The fraction of sp³-hybridized carbons (Fsp3) is 0.778. The molecule has 0 aliphatic heterocycles. The number of hydrogen-bond donors (Lipinski definition) is 3. The molecule has 0 saturated carbocycles. The van der Waals surface area contributed by atoms with Crippen molar-refractivity contribution in [3.05, 3.63) is 0 Å². The quantitative estimate of drug-likeness (QED) is 0.566. The van der Waals surface area contributed by atoms with Gasteiger partial charge in [-0.05, 0) is 27.7 Å². The van der Waals surface area contributed by atoms with Crippen molar-refractivity contribution >= 4 is 11.8 Å². The van der Waals surface area contributed by atoms with E-state index in [-0.39, 0.29) is 17.9 Å². The standard InChI is InChI=1S/C9H19N3O2/c1-5(2)11-9(14)7(4)12-8(13)6(3)10/h5-7H,10H2,1-4H3,(H,11,14)(H,12,13)/t6-,7?/m1/s1. The molecule has 0 bridgehead atoms. The van der Waals surface area contributed by atoms with Crippen LogP contribution in [-0.4, -0.2) is 29.9 Å². The number of hydrogen-bond acceptors (Lipinski definition) is 3. The Bertz CT molecular complexity index is 214. The predicted molar refractivity (Wildman–Crippen MR) is 54.5 cm³/mol. The molecule has 0 spiro atoms. The van der Waals surface area contributed by atoms with E-state index in [1.165, 1.54) is 0 Å². The molecule has 0 rings (SSSR count). The molecule has 1 unspecified atom stereocenters. The number of nitrogens with one attached hydrogen (secondary N) is 2. The van der Waals surface area contributed by atoms with Gasteiger partial charge in [-0.25, -0.2) is 0 Å². The van der Waals surface area contributed by atoms with Crippen molar-refractivity contribution in [2.24, 2.45) is 5.73 Å². The highest BCUT2D eigenvalue weighted by molar-refractivity contribution is 5.89. The van der Waals surface area contributed by atoms with Crippen molar-refractivity contribution in [3.63, 3.8) is 0 Å². The second-order valence-corrected chi connectivity index (χ2v) is 3.68. The van der Waals surface area contributed by atoms with Crippen LogP contribution in [0.15, 0.2) is 0 Å². The highest BCUT2D eigenvalue weighted by Crippen LogP contribution is 1.86. The first-order chi connectivity index (χ1) is 6.34. The molecule has 0 aromatic carbocycles. The van der Waals surface area contributed by atoms with Crippen LogP contribution in [0.1, 0.15) is 27.7 Å². The third-order valence-electron chi connectivity index (χ3n) is 1.60. The van der Waals surface area contributed by atoms with Crippen LogP contribution in [0.25, 0.3) is 0 Å². The van der Waals surface area contributed by atoms with Crippen LogP contribution in [0.4, 0.5) is 0 Å². The second kappa shape index (κ2) is 5.59. The van der Waals surface area contributed by atoms with Gasteiger partial charge in [0.2, 0.25) is 11.8 Å². The first-order valence-electron chi connectivity index (χ1n) is 4.71. The second-order valence-electron chi connectivity index (χ2n) is 3.68. The fourth-order valence-electron chi connectivity index (χ4n) is 0.820. The van der Waals surface area contributed by atoms with Crippen LogP contribution >= 0.6 is 0 Å². The topological polar surface area (TPSA) is 84.2 Å². The molecule has 0 aromatic rings. The van der Waals surface area contributed by atoms with E-state index in [9.17, 15) is 9.59 Å². The summed E-state index contributed by atoms with van der Waals surface area (Å²) in [5.41, 5.74) is 5.34. The minimum Gasteiger partial charge on any atom is -0.352 e. The first kappa shape index (κ1) is 12.9. The van der Waals surface area contributed by atoms with Gasteiger partial charge in [0.05, 0.1) is 6.04 Å². The molecule has 0 aliphatic carbocycles. The summed E-state index contributed by atoms with van der Waals surface area (Å²) in [4.78, 5) is 22.5. The van der Waals surface area contributed by atoms with Crippen molar-refractivity contribution in [1.29, 1.82) is 0 Å². The monoisotopic (exact) mass is 201 g/mol. The van der Waals surface area contributed by atoms with Gasteiger partial charge in [0.25, 0.3) is 0 Å². The summed E-state index contributed by atoms with van der Waals surface area (Å²) in [6.45, 7) is 6.91. The molecule has 0 aromatic heterocycles. The summed E-state index contributed by atoms with van der Waals surface area (Å²) < 4.78 is 0. The smallest absolute Gasteiger partial charge is 0.242 e. The Labute approximate surface area is 84.4 Å². The van der Waals surface area contributed by atoms with Crippen LogP contribution in [-0.2, 0) is 9.59 Å². The molecule has 2 amide bonds. The summed E-state index contributed by atoms with van der Waals surface area (Å²) in [5.74, 6) is -0.523. The number of amides is 2. The largest absolute Gasteiger partial charge is 0.352 e. The van der Waals surface area contributed by atoms with Gasteiger partial charge >= 0.3 is 0 Å². The molecule has 5 heteroatoms. The molecule has 82 valence electrons. The van der Waals surface area contributed by atoms with Crippen molar-refractivity contribution in [2.75, 3.05) is 0 Å². The van der Waals surface area contributed by atoms with E-state index < -0.39 is 12.1 Å². The van der Waals surface area contributed by atoms with E-state index >= 15 is 0 Å². The SMILES string of the molecule is CC(C)NC(=O)C(C)NC(=O)[C@@H](C)N. The van der Waals surface area contributed by atoms with Gasteiger partial charge in [0.15, 0.2) is 0 Å². The highest BCUT2D eigenvalue weighted by Gasteiger charge is 2.17. The minimum absolute atomic E-state index is 0.0668. The molecule has 2 atom stereocenters. The van der Waals surface area contributed by atoms with E-state index in [1.807, 2.05) is 13.8 Å². The van der Waals surface area contributed by atoms with Crippen molar-refractivity contribution in [1.82, 2.24) is 10.6 Å². The molecule has 0 saturated heterocycles. The number of carbonyl (C=O) groups excluding carboxylic acids is 2. The maximum Gasteiger partial charge on any atom is 0.242 e. The Kier molecular flexibility index (Phi) is 5.15. The highest BCUT2D eigenvalue weighted by atomic mass is 16.2. The lowest BCUT2D eigenvalue weighted by Crippen LogP contribution is -2.50. The molecular weight excluding hydrogens is 182 g/mol. The third kappa shape index (κ3) is 4.81. The summed E-state index contributed by atoms with van der Waals surface area (Å²) in [7, 11) is 0. The normalized spacial score (nSPS) is 14.7. The van der Waals surface area contributed by atoms with Crippen LogP contribution < -0.4 is 16.4 Å². The Morgan fingerprint density at radius 3 is 1.86 bits per heavy atom. The first-order valence-corrected chi connectivity index (χ1v) is 4.71. The average molecular weight is 201 g/mol. The molecule has 0 radical (unpaired) electrons. The Hall–Kier alpha value is -1.10. The molecule has 14 heavy (non-hydrogen) atoms. The number of rotatable bonds is 4. The predicted octanol–water partition coefficient (Wildman–Crippen LogP) is -0.637. The summed E-state index contributed by atoms with van der Waals surface area (Å²) >= 11 is 0. The van der Waals surface area contributed by atoms with Crippen LogP contribution in [0, 0.1) is 0 Å². The van der Waals surface area contributed by atoms with Crippen LogP contribution in [0.3, 0.4) is 0 Å². The van der Waals surface area contributed by atoms with Crippen LogP contribution in [0.2, 0.25) is 0 Å². The van der Waals surface area contributed by atoms with E-state index in [2.05, 4.69) is 10.6 Å². The van der Waals surface area contributed by atoms with Gasteiger partial charge in [-0.15, -0.1) is 0 Å². The van der Waals surface area contributed by atoms with Crippen molar-refractivity contribution in [3.8, 4) is 0 Å². The zero-order valence-corrected chi connectivity index (χ0v) is 9.13. The molecule has 0 heterocycles. The Balaban J connectivity index is 4.01. The van der Waals surface area contributed by atoms with Gasteiger partial charge in [0, 0.05) is 6.04 Å². The molecule has 0 fully saturated rings. The maximum absolute atomic E-state index is 11.3. The van der Waals surface area contributed by atoms with Crippen molar-refractivity contribution in [2.45, 2.75) is 45.8 Å². The lowest BCUT2D eigenvalue weighted by atomic mass is 10.2. The maximum atomic E-state index is 11.3. The fourth-order valence-corrected chi connectivity index (χ4v) is 0.820. The third-order valence-corrected chi connectivity index (χ3v) is 1.60. The van der Waals surface area contributed by atoms with Gasteiger partial charge in [-0.3, -0.25) is 9.59 Å². The van der Waals surface area contributed by atoms with E-state index in [1.54, 1.807) is 13.8 Å². The van der Waals surface area contributed by atoms with Gasteiger partial charge in [-0.1, -0.05) is 0 Å². The number of carbonyl (C=O) groups is 2. The van der Waals surface area contributed by atoms with E-state index in [0.717, 1.165) is 0 Å². The van der Waals surface area contributed by atoms with Crippen LogP contribution in [0.5, 0.6) is 0 Å². The van der Waals surface area contributed by atoms with E-state index in [0.29, 0.717) is 0 Å². The average Bonchev–Trinajstić information content (AvgIpc) is 2.02. The lowest BCUT2D eigenvalue weighted by molar-refractivity contribution is -0.129. The van der Waals surface area contributed by atoms with Crippen molar-refractivity contribution < 1.29 is 9.59 Å². The molecule has 4 N–H and O–H groups in total. The Morgan fingerprint density at radius 2 is 1.50 bits per heavy atom. The number of nitrogens with two attached hydrogens (primary N) is 1. The summed E-state index contributed by atoms with van der Waals surface area (Å²) in [6, 6.07) is -1.07. The molecular formula is C9H19N3O2. The molecule has 5 nitrogen and oxygen atoms in total. The summed E-state index contributed by atoms with van der Waals surface area (Å²) in [6.07, 6.45) is 0. The zero-order chi connectivity index (χ0) is 11.3. The van der Waals surface area contributed by atoms with Gasteiger partial charge in [0.1, 0.15) is 6.04 Å². The van der Waals surface area contributed by atoms with Gasteiger partial charge in [-0.2, -0.15) is 0 Å². The zero-order valence-electron chi connectivity index (χ0n) is 9.13. The molecule has 0 aliphatic rings. The Morgan fingerprint density at radius 1 is 1.00 bits per heavy atom. The van der Waals surface area contributed by atoms with Gasteiger partial charge < -0.3 is 16.4 Å². The van der Waals surface area contributed by atoms with E-state index in [4.69, 9.17) is 5.73 Å².